The van der Waals surface area contributed by atoms with E-state index in [9.17, 15) is 4.79 Å². The molecule has 38 heavy (non-hydrogen) atoms. The van der Waals surface area contributed by atoms with Crippen LogP contribution >= 0.6 is 0 Å². The molecule has 7 heteroatoms. The summed E-state index contributed by atoms with van der Waals surface area (Å²) in [5.41, 5.74) is 13.0. The van der Waals surface area contributed by atoms with E-state index in [2.05, 4.69) is 28.6 Å². The largest absolute Gasteiger partial charge is 0.331 e. The predicted molar refractivity (Wildman–Crippen MR) is 143 cm³/mol. The lowest BCUT2D eigenvalue weighted by atomic mass is 9.66. The summed E-state index contributed by atoms with van der Waals surface area (Å²) in [6.45, 7) is 2.06. The number of imidazole rings is 1. The fourth-order valence-electron chi connectivity index (χ4n) is 7.11. The Morgan fingerprint density at radius 2 is 1.92 bits per heavy atom. The molecule has 2 aliphatic heterocycles. The van der Waals surface area contributed by atoms with Crippen molar-refractivity contribution in [1.29, 1.82) is 0 Å². The van der Waals surface area contributed by atoms with Crippen molar-refractivity contribution in [2.24, 2.45) is 11.7 Å². The summed E-state index contributed by atoms with van der Waals surface area (Å²) in [6.07, 6.45) is 6.68. The van der Waals surface area contributed by atoms with Crippen LogP contribution in [0.4, 0.5) is 4.39 Å². The molecule has 4 aliphatic rings. The second-order valence-corrected chi connectivity index (χ2v) is 11.8. The molecule has 1 amide bonds. The van der Waals surface area contributed by atoms with Gasteiger partial charge in [0.15, 0.2) is 0 Å². The molecule has 2 aromatic heterocycles. The number of nitrogens with zero attached hydrogens (tertiary/aromatic N) is 4. The topological polar surface area (TPSA) is 77.0 Å². The monoisotopic (exact) mass is 507 g/mol. The lowest BCUT2D eigenvalue weighted by molar-refractivity contribution is 0.0734. The van der Waals surface area contributed by atoms with E-state index in [1.165, 1.54) is 18.4 Å². The van der Waals surface area contributed by atoms with Crippen LogP contribution in [0.2, 0.25) is 0 Å². The molecule has 4 heterocycles. The summed E-state index contributed by atoms with van der Waals surface area (Å²) in [4.78, 5) is 24.9. The second-order valence-electron chi connectivity index (χ2n) is 11.8. The lowest BCUT2D eigenvalue weighted by Crippen LogP contribution is -2.51. The number of amides is 1. The van der Waals surface area contributed by atoms with Crippen molar-refractivity contribution in [2.45, 2.75) is 62.6 Å². The van der Waals surface area contributed by atoms with Gasteiger partial charge in [0, 0.05) is 30.8 Å². The van der Waals surface area contributed by atoms with E-state index < -0.39 is 5.54 Å². The zero-order valence-electron chi connectivity index (χ0n) is 21.6. The van der Waals surface area contributed by atoms with Gasteiger partial charge >= 0.3 is 0 Å². The Bertz CT molecular complexity index is 1670. The fourth-order valence-corrected chi connectivity index (χ4v) is 7.11. The van der Waals surface area contributed by atoms with Gasteiger partial charge in [0.05, 0.1) is 34.3 Å². The van der Waals surface area contributed by atoms with Crippen LogP contribution in [-0.4, -0.2) is 32.4 Å². The van der Waals surface area contributed by atoms with E-state index in [4.69, 9.17) is 10.7 Å². The first-order valence-electron chi connectivity index (χ1n) is 13.7. The molecule has 4 aromatic rings. The van der Waals surface area contributed by atoms with E-state index in [0.29, 0.717) is 11.6 Å². The molecule has 4 atom stereocenters. The van der Waals surface area contributed by atoms with E-state index >= 15 is 4.39 Å². The number of benzene rings is 2. The van der Waals surface area contributed by atoms with Crippen molar-refractivity contribution in [3.63, 3.8) is 0 Å². The van der Waals surface area contributed by atoms with Crippen LogP contribution in [0.15, 0.2) is 48.7 Å². The molecular weight excluding hydrogens is 477 g/mol. The van der Waals surface area contributed by atoms with Gasteiger partial charge in [-0.25, -0.2) is 9.37 Å². The number of pyridine rings is 1. The van der Waals surface area contributed by atoms with Crippen LogP contribution in [0.25, 0.3) is 22.2 Å². The molecule has 2 fully saturated rings. The molecule has 2 aromatic carbocycles. The van der Waals surface area contributed by atoms with Crippen molar-refractivity contribution in [3.05, 3.63) is 82.7 Å². The Morgan fingerprint density at radius 3 is 2.63 bits per heavy atom. The van der Waals surface area contributed by atoms with Crippen LogP contribution in [0.3, 0.4) is 0 Å². The van der Waals surface area contributed by atoms with E-state index in [1.54, 1.807) is 12.3 Å². The van der Waals surface area contributed by atoms with Crippen molar-refractivity contribution < 1.29 is 9.18 Å². The average molecular weight is 508 g/mol. The third-order valence-electron chi connectivity index (χ3n) is 9.77. The van der Waals surface area contributed by atoms with Gasteiger partial charge in [0.1, 0.15) is 11.6 Å². The molecule has 2 N–H and O–H groups in total. The molecule has 0 spiro atoms. The summed E-state index contributed by atoms with van der Waals surface area (Å²) in [5.74, 6) is 1.42. The van der Waals surface area contributed by atoms with Gasteiger partial charge in [-0.15, -0.1) is 0 Å². The molecular formula is C31H30FN5O. The molecule has 2 saturated carbocycles. The number of carbonyl (C=O) groups excluding carboxylic acids is 1. The quantitative estimate of drug-likeness (QED) is 0.379. The number of carbonyl (C=O) groups is 1. The zero-order valence-corrected chi connectivity index (χ0v) is 21.6. The second kappa shape index (κ2) is 7.50. The van der Waals surface area contributed by atoms with Gasteiger partial charge in [-0.1, -0.05) is 25.1 Å². The highest BCUT2D eigenvalue weighted by Crippen LogP contribution is 2.52. The summed E-state index contributed by atoms with van der Waals surface area (Å²) in [7, 11) is 1.90. The van der Waals surface area contributed by atoms with Crippen LogP contribution in [0, 0.1) is 11.7 Å². The normalized spacial score (nSPS) is 27.7. The van der Waals surface area contributed by atoms with Gasteiger partial charge in [-0.3, -0.25) is 9.78 Å². The Balaban J connectivity index is 1.28. The lowest BCUT2D eigenvalue weighted by Gasteiger charge is -2.44. The van der Waals surface area contributed by atoms with Crippen molar-refractivity contribution in [1.82, 2.24) is 19.4 Å². The highest BCUT2D eigenvalue weighted by Gasteiger charge is 2.46. The number of fused-ring (bicyclic) bond motifs is 9. The SMILES string of the molecule is C[C@H]1CC[C@]1(N)c1ncc(-c2ccc3nc4n(c3c2)[C@@H]2C[C@H]4N(C)C(=O)c3cccc(C4CC4)c32)cc1F. The van der Waals surface area contributed by atoms with E-state index in [-0.39, 0.29) is 29.7 Å². The van der Waals surface area contributed by atoms with Crippen LogP contribution in [0.1, 0.15) is 90.0 Å². The molecule has 2 bridgehead atoms. The summed E-state index contributed by atoms with van der Waals surface area (Å²) < 4.78 is 17.6. The molecule has 8 rings (SSSR count). The van der Waals surface area contributed by atoms with Gasteiger partial charge in [-0.05, 0) is 78.5 Å². The first kappa shape index (κ1) is 22.4. The van der Waals surface area contributed by atoms with Crippen molar-refractivity contribution in [3.8, 4) is 11.1 Å². The van der Waals surface area contributed by atoms with E-state index in [1.807, 2.05) is 36.2 Å². The van der Waals surface area contributed by atoms with Crippen LogP contribution < -0.4 is 5.73 Å². The third kappa shape index (κ3) is 2.88. The van der Waals surface area contributed by atoms with Crippen LogP contribution in [0.5, 0.6) is 0 Å². The highest BCUT2D eigenvalue weighted by molar-refractivity contribution is 5.97. The summed E-state index contributed by atoms with van der Waals surface area (Å²) >= 11 is 0. The maximum Gasteiger partial charge on any atom is 0.254 e. The molecule has 192 valence electrons. The number of nitrogens with two attached hydrogens (primary N) is 1. The Hall–Kier alpha value is -3.58. The first-order chi connectivity index (χ1) is 18.3. The number of aromatic nitrogens is 3. The maximum absolute atomic E-state index is 15.3. The van der Waals surface area contributed by atoms with Gasteiger partial charge in [-0.2, -0.15) is 0 Å². The Morgan fingerprint density at radius 1 is 1.08 bits per heavy atom. The summed E-state index contributed by atoms with van der Waals surface area (Å²) in [6, 6.07) is 13.8. The molecule has 0 radical (unpaired) electrons. The number of rotatable bonds is 3. The van der Waals surface area contributed by atoms with Crippen molar-refractivity contribution >= 4 is 16.9 Å². The minimum Gasteiger partial charge on any atom is -0.331 e. The smallest absolute Gasteiger partial charge is 0.254 e. The number of halogens is 1. The summed E-state index contributed by atoms with van der Waals surface area (Å²) in [5, 5.41) is 0. The first-order valence-corrected chi connectivity index (χ1v) is 13.7. The Kier molecular flexibility index (Phi) is 4.42. The van der Waals surface area contributed by atoms with Gasteiger partial charge < -0.3 is 15.2 Å². The Labute approximate surface area is 220 Å². The van der Waals surface area contributed by atoms with Crippen LogP contribution in [-0.2, 0) is 5.54 Å². The van der Waals surface area contributed by atoms with Gasteiger partial charge in [0.2, 0.25) is 0 Å². The number of hydrogen-bond donors (Lipinski definition) is 1. The maximum atomic E-state index is 15.3. The molecule has 0 unspecified atom stereocenters. The van der Waals surface area contributed by atoms with Gasteiger partial charge in [0.25, 0.3) is 5.91 Å². The minimum atomic E-state index is -0.676. The van der Waals surface area contributed by atoms with Crippen molar-refractivity contribution in [2.75, 3.05) is 7.05 Å². The van der Waals surface area contributed by atoms with E-state index in [0.717, 1.165) is 58.4 Å². The fraction of sp³-hybridized carbons (Fsp3) is 0.387. The molecule has 0 saturated heterocycles. The zero-order chi connectivity index (χ0) is 25.9. The predicted octanol–water partition coefficient (Wildman–Crippen LogP) is 5.82. The highest BCUT2D eigenvalue weighted by atomic mass is 19.1. The average Bonchev–Trinajstić information content (AvgIpc) is 3.64. The molecule has 2 aliphatic carbocycles. The minimum absolute atomic E-state index is 0.0467. The standard InChI is InChI=1S/C31H30FN5O/c1-16-10-11-31(16,33)28-22(32)12-19(15-34-28)18-8-9-23-24(13-18)37-25-14-26(29(37)35-23)36(2)30(38)21-5-3-4-20(27(21)25)17-6-7-17/h3-5,8-9,12-13,15-17,25-26H,6-7,10-11,14,33H2,1-2H3/t16-,25+,26+,31+/m0/s1. The molecule has 6 nitrogen and oxygen atoms in total. The number of hydrogen-bond acceptors (Lipinski definition) is 4. The third-order valence-corrected chi connectivity index (χ3v) is 9.77.